The molecule has 0 bridgehead atoms. The molecule has 202 valence electrons. The number of benzene rings is 2. The van der Waals surface area contributed by atoms with Crippen molar-refractivity contribution >= 4 is 68.5 Å². The quantitative estimate of drug-likeness (QED) is 0.128. The van der Waals surface area contributed by atoms with E-state index in [1.165, 1.54) is 6.21 Å². The van der Waals surface area contributed by atoms with Crippen LogP contribution in [0.3, 0.4) is 0 Å². The molecule has 0 aliphatic carbocycles. The topological polar surface area (TPSA) is 104 Å². The van der Waals surface area contributed by atoms with E-state index in [0.717, 1.165) is 67.4 Å². The van der Waals surface area contributed by atoms with Crippen LogP contribution in [0.5, 0.6) is 0 Å². The third kappa shape index (κ3) is 7.43. The number of fused-ring (bicyclic) bond motifs is 1. The van der Waals surface area contributed by atoms with Crippen LogP contribution in [0.2, 0.25) is 10.0 Å². The molecular formula is C27H27Cl2N7O2S. The summed E-state index contributed by atoms with van der Waals surface area (Å²) < 4.78 is 6.47. The number of anilines is 2. The Morgan fingerprint density at radius 1 is 1.10 bits per heavy atom. The van der Waals surface area contributed by atoms with Crippen molar-refractivity contribution in [3.05, 3.63) is 69.5 Å². The first-order valence-electron chi connectivity index (χ1n) is 12.5. The Balaban J connectivity index is 1.18. The predicted molar refractivity (Wildman–Crippen MR) is 159 cm³/mol. The molecule has 3 heterocycles. The second-order valence-corrected chi connectivity index (χ2v) is 10.6. The summed E-state index contributed by atoms with van der Waals surface area (Å²) in [6.07, 6.45) is 2.47. The van der Waals surface area contributed by atoms with Crippen LogP contribution in [0.4, 0.5) is 16.3 Å². The van der Waals surface area contributed by atoms with E-state index in [0.29, 0.717) is 27.1 Å². The van der Waals surface area contributed by atoms with Crippen molar-refractivity contribution < 1.29 is 9.53 Å². The molecule has 0 radical (unpaired) electrons. The van der Waals surface area contributed by atoms with E-state index < -0.39 is 6.03 Å². The SMILES string of the molecule is O=C(N/N=C/c1ccc(Cl)cc1Cl)Nc1ccc(-c2nc(NCCCN3CCOCC3)c3sccc3n2)cc1. The van der Waals surface area contributed by atoms with Gasteiger partial charge in [0.25, 0.3) is 0 Å². The van der Waals surface area contributed by atoms with E-state index in [1.54, 1.807) is 41.7 Å². The van der Waals surface area contributed by atoms with Crippen LogP contribution in [0, 0.1) is 0 Å². The van der Waals surface area contributed by atoms with E-state index in [1.807, 2.05) is 23.6 Å². The molecule has 0 unspecified atom stereocenters. The van der Waals surface area contributed by atoms with Gasteiger partial charge in [0.1, 0.15) is 5.82 Å². The Hall–Kier alpha value is -3.28. The number of carbonyl (C=O) groups is 1. The summed E-state index contributed by atoms with van der Waals surface area (Å²) in [5, 5.41) is 13.2. The molecule has 2 aromatic heterocycles. The number of hydrogen-bond donors (Lipinski definition) is 3. The van der Waals surface area contributed by atoms with Crippen molar-refractivity contribution in [2.45, 2.75) is 6.42 Å². The normalized spacial score (nSPS) is 14.1. The number of morpholine rings is 1. The molecule has 0 saturated carbocycles. The Labute approximate surface area is 240 Å². The number of amides is 2. The molecule has 3 N–H and O–H groups in total. The lowest BCUT2D eigenvalue weighted by Gasteiger charge is -2.26. The van der Waals surface area contributed by atoms with Crippen molar-refractivity contribution in [3.8, 4) is 11.4 Å². The average Bonchev–Trinajstić information content (AvgIpc) is 3.42. The maximum absolute atomic E-state index is 12.3. The molecule has 1 saturated heterocycles. The number of hydrogen-bond acceptors (Lipinski definition) is 8. The number of urea groups is 1. The van der Waals surface area contributed by atoms with Crippen LogP contribution in [-0.2, 0) is 4.74 Å². The molecule has 5 rings (SSSR count). The number of nitrogens with zero attached hydrogens (tertiary/aromatic N) is 4. The van der Waals surface area contributed by atoms with Gasteiger partial charge in [0.15, 0.2) is 5.82 Å². The average molecular weight is 585 g/mol. The van der Waals surface area contributed by atoms with E-state index in [9.17, 15) is 4.79 Å². The highest BCUT2D eigenvalue weighted by molar-refractivity contribution is 7.17. The smallest absolute Gasteiger partial charge is 0.339 e. The van der Waals surface area contributed by atoms with E-state index >= 15 is 0 Å². The molecule has 9 nitrogen and oxygen atoms in total. The van der Waals surface area contributed by atoms with Gasteiger partial charge >= 0.3 is 6.03 Å². The van der Waals surface area contributed by atoms with Crippen molar-refractivity contribution in [2.24, 2.45) is 5.10 Å². The first-order valence-corrected chi connectivity index (χ1v) is 14.1. The molecule has 1 fully saturated rings. The summed E-state index contributed by atoms with van der Waals surface area (Å²) in [7, 11) is 0. The zero-order chi connectivity index (χ0) is 27.0. The molecule has 2 amide bonds. The first kappa shape index (κ1) is 27.3. The number of hydrazone groups is 1. The maximum atomic E-state index is 12.3. The maximum Gasteiger partial charge on any atom is 0.339 e. The fourth-order valence-electron chi connectivity index (χ4n) is 4.07. The van der Waals surface area contributed by atoms with Crippen molar-refractivity contribution in [1.82, 2.24) is 20.3 Å². The van der Waals surface area contributed by atoms with Crippen molar-refractivity contribution in [2.75, 3.05) is 50.0 Å². The van der Waals surface area contributed by atoms with Gasteiger partial charge in [-0.1, -0.05) is 29.3 Å². The molecule has 0 atom stereocenters. The number of thiophene rings is 1. The van der Waals surface area contributed by atoms with Gasteiger partial charge in [-0.05, 0) is 60.8 Å². The first-order chi connectivity index (χ1) is 19.0. The monoisotopic (exact) mass is 583 g/mol. The fourth-order valence-corrected chi connectivity index (χ4v) is 5.33. The van der Waals surface area contributed by atoms with Crippen LogP contribution in [0.1, 0.15) is 12.0 Å². The van der Waals surface area contributed by atoms with Crippen LogP contribution in [-0.4, -0.2) is 66.5 Å². The minimum absolute atomic E-state index is 0.443. The number of rotatable bonds is 9. The summed E-state index contributed by atoms with van der Waals surface area (Å²) in [4.78, 5) is 24.2. The van der Waals surface area contributed by atoms with E-state index in [2.05, 4.69) is 26.1 Å². The Bertz CT molecular complexity index is 1460. The lowest BCUT2D eigenvalue weighted by atomic mass is 10.2. The van der Waals surface area contributed by atoms with Crippen LogP contribution >= 0.6 is 34.5 Å². The summed E-state index contributed by atoms with van der Waals surface area (Å²) >= 11 is 13.6. The minimum atomic E-state index is -0.483. The zero-order valence-corrected chi connectivity index (χ0v) is 23.3. The van der Waals surface area contributed by atoms with Gasteiger partial charge in [-0.15, -0.1) is 11.3 Å². The second kappa shape index (κ2) is 13.2. The second-order valence-electron chi connectivity index (χ2n) is 8.83. The van der Waals surface area contributed by atoms with Gasteiger partial charge in [0.05, 0.1) is 34.7 Å². The Kier molecular flexibility index (Phi) is 9.23. The summed E-state index contributed by atoms with van der Waals surface area (Å²) in [6.45, 7) is 5.46. The van der Waals surface area contributed by atoms with Gasteiger partial charge in [-0.2, -0.15) is 5.10 Å². The summed E-state index contributed by atoms with van der Waals surface area (Å²) in [6, 6.07) is 13.9. The summed E-state index contributed by atoms with van der Waals surface area (Å²) in [5.41, 5.74) is 5.42. The van der Waals surface area contributed by atoms with Gasteiger partial charge in [0.2, 0.25) is 0 Å². The van der Waals surface area contributed by atoms with Crippen LogP contribution in [0.15, 0.2) is 59.0 Å². The largest absolute Gasteiger partial charge is 0.379 e. The molecule has 12 heteroatoms. The number of halogens is 2. The van der Waals surface area contributed by atoms with Crippen LogP contribution in [0.25, 0.3) is 21.6 Å². The predicted octanol–water partition coefficient (Wildman–Crippen LogP) is 5.95. The molecule has 1 aliphatic rings. The van der Waals surface area contributed by atoms with Gasteiger partial charge in [-0.3, -0.25) is 4.90 Å². The lowest BCUT2D eigenvalue weighted by Crippen LogP contribution is -2.37. The highest BCUT2D eigenvalue weighted by Gasteiger charge is 2.13. The summed E-state index contributed by atoms with van der Waals surface area (Å²) in [5.74, 6) is 1.46. The van der Waals surface area contributed by atoms with E-state index in [4.69, 9.17) is 37.9 Å². The van der Waals surface area contributed by atoms with Gasteiger partial charge in [0, 0.05) is 41.5 Å². The number of ether oxygens (including phenoxy) is 1. The molecule has 0 spiro atoms. The standard InChI is InChI=1S/C27H27Cl2N7O2S/c28-20-5-2-19(22(29)16-20)17-31-35-27(37)32-21-6-3-18(4-7-21)25-33-23-8-15-39-24(23)26(34-25)30-9-1-10-36-11-13-38-14-12-36/h2-8,15-17H,1,9-14H2,(H,30,33,34)(H2,32,35,37)/b31-17+. The highest BCUT2D eigenvalue weighted by Crippen LogP contribution is 2.29. The Morgan fingerprint density at radius 2 is 1.92 bits per heavy atom. The van der Waals surface area contributed by atoms with Crippen LogP contribution < -0.4 is 16.1 Å². The number of aromatic nitrogens is 2. The molecular weight excluding hydrogens is 557 g/mol. The lowest BCUT2D eigenvalue weighted by molar-refractivity contribution is 0.0378. The number of nitrogens with one attached hydrogen (secondary N) is 3. The Morgan fingerprint density at radius 3 is 2.72 bits per heavy atom. The minimum Gasteiger partial charge on any atom is -0.379 e. The van der Waals surface area contributed by atoms with Crippen molar-refractivity contribution in [1.29, 1.82) is 0 Å². The molecule has 39 heavy (non-hydrogen) atoms. The highest BCUT2D eigenvalue weighted by atomic mass is 35.5. The molecule has 4 aromatic rings. The molecule has 2 aromatic carbocycles. The third-order valence-electron chi connectivity index (χ3n) is 6.08. The molecule has 1 aliphatic heterocycles. The zero-order valence-electron chi connectivity index (χ0n) is 21.0. The van der Waals surface area contributed by atoms with Crippen molar-refractivity contribution in [3.63, 3.8) is 0 Å². The number of carbonyl (C=O) groups excluding carboxylic acids is 1. The van der Waals surface area contributed by atoms with Gasteiger partial charge < -0.3 is 15.4 Å². The van der Waals surface area contributed by atoms with E-state index in [-0.39, 0.29) is 0 Å². The fraction of sp³-hybridized carbons (Fsp3) is 0.259. The van der Waals surface area contributed by atoms with Gasteiger partial charge in [-0.25, -0.2) is 20.2 Å². The third-order valence-corrected chi connectivity index (χ3v) is 7.56.